The molecule has 1 aliphatic carbocycles. The van der Waals surface area contributed by atoms with Gasteiger partial charge in [-0.05, 0) is 12.3 Å². The van der Waals surface area contributed by atoms with E-state index in [9.17, 15) is 9.59 Å². The van der Waals surface area contributed by atoms with Crippen LogP contribution in [0.1, 0.15) is 38.5 Å². The molecule has 16 heavy (non-hydrogen) atoms. The van der Waals surface area contributed by atoms with E-state index in [-0.39, 0.29) is 6.54 Å². The van der Waals surface area contributed by atoms with Crippen LogP contribution in [0.15, 0.2) is 0 Å². The summed E-state index contributed by atoms with van der Waals surface area (Å²) >= 11 is 0. The van der Waals surface area contributed by atoms with Gasteiger partial charge in [-0.2, -0.15) is 0 Å². The molecular weight excluding hydrogens is 208 g/mol. The van der Waals surface area contributed by atoms with E-state index < -0.39 is 12.0 Å². The van der Waals surface area contributed by atoms with Crippen LogP contribution in [0.3, 0.4) is 0 Å². The van der Waals surface area contributed by atoms with Crippen molar-refractivity contribution in [1.29, 1.82) is 0 Å². The first kappa shape index (κ1) is 12.8. The Hall–Kier alpha value is -1.26. The summed E-state index contributed by atoms with van der Waals surface area (Å²) < 4.78 is 0. The lowest BCUT2D eigenvalue weighted by Crippen LogP contribution is -2.39. The Kier molecular flexibility index (Phi) is 5.67. The molecule has 0 aromatic rings. The van der Waals surface area contributed by atoms with Gasteiger partial charge in [0.1, 0.15) is 6.54 Å². The minimum absolute atomic E-state index is 0.324. The van der Waals surface area contributed by atoms with Crippen molar-refractivity contribution < 1.29 is 14.7 Å². The number of carboxylic acid groups (broad SMARTS) is 1. The van der Waals surface area contributed by atoms with Gasteiger partial charge in [-0.25, -0.2) is 4.79 Å². The van der Waals surface area contributed by atoms with Crippen molar-refractivity contribution in [3.63, 3.8) is 0 Å². The van der Waals surface area contributed by atoms with E-state index in [2.05, 4.69) is 10.6 Å². The normalized spacial score (nSPS) is 16.8. The van der Waals surface area contributed by atoms with Gasteiger partial charge in [-0.15, -0.1) is 0 Å². The molecule has 2 amide bonds. The number of aliphatic carboxylic acids is 1. The van der Waals surface area contributed by atoms with E-state index in [0.29, 0.717) is 6.54 Å². The van der Waals surface area contributed by atoms with Gasteiger partial charge in [0.2, 0.25) is 0 Å². The van der Waals surface area contributed by atoms with Crippen molar-refractivity contribution in [3.8, 4) is 0 Å². The fourth-order valence-electron chi connectivity index (χ4n) is 2.08. The van der Waals surface area contributed by atoms with Gasteiger partial charge in [-0.3, -0.25) is 4.79 Å². The van der Waals surface area contributed by atoms with Gasteiger partial charge in [0, 0.05) is 6.54 Å². The van der Waals surface area contributed by atoms with Crippen molar-refractivity contribution >= 4 is 12.0 Å². The SMILES string of the molecule is O=C(O)CNC(=O)NCCC1CCCCC1. The van der Waals surface area contributed by atoms with E-state index >= 15 is 0 Å². The molecule has 0 bridgehead atoms. The van der Waals surface area contributed by atoms with Gasteiger partial charge in [0.15, 0.2) is 0 Å². The number of urea groups is 1. The Morgan fingerprint density at radius 3 is 2.44 bits per heavy atom. The third-order valence-corrected chi connectivity index (χ3v) is 2.96. The van der Waals surface area contributed by atoms with E-state index in [1.165, 1.54) is 32.1 Å². The summed E-state index contributed by atoms with van der Waals surface area (Å²) in [5.41, 5.74) is 0. The summed E-state index contributed by atoms with van der Waals surface area (Å²) in [6, 6.07) is -0.391. The lowest BCUT2D eigenvalue weighted by Gasteiger charge is -2.21. The third-order valence-electron chi connectivity index (χ3n) is 2.96. The van der Waals surface area contributed by atoms with E-state index in [1.54, 1.807) is 0 Å². The standard InChI is InChI=1S/C11H20N2O3/c14-10(15)8-13-11(16)12-7-6-9-4-2-1-3-5-9/h9H,1-8H2,(H,14,15)(H2,12,13,16). The van der Waals surface area contributed by atoms with Crippen LogP contribution in [0.25, 0.3) is 0 Å². The molecule has 0 aromatic carbocycles. The summed E-state index contributed by atoms with van der Waals surface area (Å²) in [5.74, 6) is -0.295. The highest BCUT2D eigenvalue weighted by Gasteiger charge is 2.13. The highest BCUT2D eigenvalue weighted by Crippen LogP contribution is 2.25. The molecule has 5 heteroatoms. The van der Waals surface area contributed by atoms with Crippen LogP contribution < -0.4 is 10.6 Å². The lowest BCUT2D eigenvalue weighted by molar-refractivity contribution is -0.135. The van der Waals surface area contributed by atoms with Gasteiger partial charge < -0.3 is 15.7 Å². The van der Waals surface area contributed by atoms with Crippen LogP contribution in [0.2, 0.25) is 0 Å². The molecule has 0 spiro atoms. The molecule has 0 aromatic heterocycles. The molecule has 5 nitrogen and oxygen atoms in total. The maximum Gasteiger partial charge on any atom is 0.323 e. The molecule has 0 atom stereocenters. The number of amides is 2. The van der Waals surface area contributed by atoms with Crippen molar-refractivity contribution in [2.45, 2.75) is 38.5 Å². The number of rotatable bonds is 5. The van der Waals surface area contributed by atoms with Gasteiger partial charge >= 0.3 is 12.0 Å². The fourth-order valence-corrected chi connectivity index (χ4v) is 2.08. The lowest BCUT2D eigenvalue weighted by atomic mass is 9.87. The Morgan fingerprint density at radius 2 is 1.81 bits per heavy atom. The highest BCUT2D eigenvalue weighted by atomic mass is 16.4. The molecule has 1 saturated carbocycles. The first-order valence-electron chi connectivity index (χ1n) is 5.92. The number of hydrogen-bond acceptors (Lipinski definition) is 2. The van der Waals surface area contributed by atoms with Crippen LogP contribution in [-0.2, 0) is 4.79 Å². The number of nitrogens with one attached hydrogen (secondary N) is 2. The second-order valence-corrected chi connectivity index (χ2v) is 4.30. The zero-order valence-corrected chi connectivity index (χ0v) is 9.50. The van der Waals surface area contributed by atoms with Crippen LogP contribution in [-0.4, -0.2) is 30.2 Å². The number of carbonyl (C=O) groups is 2. The van der Waals surface area contributed by atoms with Crippen molar-refractivity contribution in [2.75, 3.05) is 13.1 Å². The molecule has 0 radical (unpaired) electrons. The predicted octanol–water partition coefficient (Wildman–Crippen LogP) is 1.34. The molecule has 92 valence electrons. The maximum atomic E-state index is 11.1. The first-order chi connectivity index (χ1) is 7.68. The summed E-state index contributed by atoms with van der Waals surface area (Å²) in [6.07, 6.45) is 7.46. The molecule has 1 fully saturated rings. The van der Waals surface area contributed by atoms with Crippen LogP contribution >= 0.6 is 0 Å². The summed E-state index contributed by atoms with van der Waals surface area (Å²) in [6.45, 7) is 0.311. The minimum Gasteiger partial charge on any atom is -0.480 e. The maximum absolute atomic E-state index is 11.1. The Labute approximate surface area is 95.6 Å². The fraction of sp³-hybridized carbons (Fsp3) is 0.818. The van der Waals surface area contributed by atoms with Crippen molar-refractivity contribution in [2.24, 2.45) is 5.92 Å². The minimum atomic E-state index is -1.03. The Balaban J connectivity index is 2.01. The largest absolute Gasteiger partial charge is 0.480 e. The number of carbonyl (C=O) groups excluding carboxylic acids is 1. The quantitative estimate of drug-likeness (QED) is 0.664. The number of carboxylic acids is 1. The molecule has 3 N–H and O–H groups in total. The van der Waals surface area contributed by atoms with Crippen molar-refractivity contribution in [1.82, 2.24) is 10.6 Å². The van der Waals surface area contributed by atoms with Gasteiger partial charge in [-0.1, -0.05) is 32.1 Å². The van der Waals surface area contributed by atoms with Gasteiger partial charge in [0.25, 0.3) is 0 Å². The molecule has 0 unspecified atom stereocenters. The van der Waals surface area contributed by atoms with Crippen LogP contribution in [0.5, 0.6) is 0 Å². The monoisotopic (exact) mass is 228 g/mol. The summed E-state index contributed by atoms with van der Waals surface area (Å²) in [5, 5.41) is 13.3. The van der Waals surface area contributed by atoms with Gasteiger partial charge in [0.05, 0.1) is 0 Å². The number of hydrogen-bond donors (Lipinski definition) is 3. The zero-order valence-electron chi connectivity index (χ0n) is 9.50. The van der Waals surface area contributed by atoms with Crippen molar-refractivity contribution in [3.05, 3.63) is 0 Å². The van der Waals surface area contributed by atoms with E-state index in [0.717, 1.165) is 12.3 Å². The summed E-state index contributed by atoms with van der Waals surface area (Å²) in [7, 11) is 0. The zero-order chi connectivity index (χ0) is 11.8. The topological polar surface area (TPSA) is 78.4 Å². The molecule has 0 aliphatic heterocycles. The molecule has 0 saturated heterocycles. The second-order valence-electron chi connectivity index (χ2n) is 4.30. The molecular formula is C11H20N2O3. The third kappa shape index (κ3) is 5.58. The highest BCUT2D eigenvalue weighted by molar-refractivity contribution is 5.79. The van der Waals surface area contributed by atoms with E-state index in [4.69, 9.17) is 5.11 Å². The molecule has 0 heterocycles. The average molecular weight is 228 g/mol. The Morgan fingerprint density at radius 1 is 1.12 bits per heavy atom. The average Bonchev–Trinajstić information content (AvgIpc) is 2.28. The van der Waals surface area contributed by atoms with Crippen LogP contribution in [0, 0.1) is 5.92 Å². The smallest absolute Gasteiger partial charge is 0.323 e. The Bertz CT molecular complexity index is 237. The first-order valence-corrected chi connectivity index (χ1v) is 5.92. The van der Waals surface area contributed by atoms with Crippen LogP contribution in [0.4, 0.5) is 4.79 Å². The molecule has 1 rings (SSSR count). The second kappa shape index (κ2) is 7.09. The summed E-state index contributed by atoms with van der Waals surface area (Å²) in [4.78, 5) is 21.3. The predicted molar refractivity (Wildman–Crippen MR) is 60.2 cm³/mol. The van der Waals surface area contributed by atoms with E-state index in [1.807, 2.05) is 0 Å². The molecule has 1 aliphatic rings.